The van der Waals surface area contributed by atoms with E-state index >= 15 is 0 Å². The van der Waals surface area contributed by atoms with E-state index in [1.54, 1.807) is 0 Å². The van der Waals surface area contributed by atoms with Gasteiger partial charge in [0.2, 0.25) is 0 Å². The molecule has 70 valence electrons. The molecule has 0 aromatic heterocycles. The molecule has 0 amide bonds. The lowest BCUT2D eigenvalue weighted by Gasteiger charge is -2.49. The minimum absolute atomic E-state index is 1.03. The number of hydrogen-bond donors (Lipinski definition) is 1. The summed E-state index contributed by atoms with van der Waals surface area (Å²) in [4.78, 5) is 0. The SMILES string of the molecule is [3H]SCCC[N+]12CCC(CC1)CC2. The van der Waals surface area contributed by atoms with Crippen LogP contribution in [-0.2, 0) is 0 Å². The maximum absolute atomic E-state index is 7.06. The zero-order valence-electron chi connectivity index (χ0n) is 8.80. The van der Waals surface area contributed by atoms with Gasteiger partial charge in [-0.2, -0.15) is 12.5 Å². The average Bonchev–Trinajstić information content (AvgIpc) is 2.21. The fourth-order valence-electron chi connectivity index (χ4n) is 2.87. The van der Waals surface area contributed by atoms with Gasteiger partial charge in [0.25, 0.3) is 0 Å². The van der Waals surface area contributed by atoms with E-state index in [1.807, 2.05) is 0 Å². The van der Waals surface area contributed by atoms with Crippen LogP contribution in [0.1, 0.15) is 25.7 Å². The molecule has 0 spiro atoms. The largest absolute Gasteiger partial charge is 0.324 e. The first-order valence-corrected chi connectivity index (χ1v) is 5.86. The molecule has 3 saturated heterocycles. The van der Waals surface area contributed by atoms with Gasteiger partial charge in [-0.15, -0.1) is 0 Å². The van der Waals surface area contributed by atoms with Crippen LogP contribution in [0.25, 0.3) is 0 Å². The number of thiol groups is 1. The summed E-state index contributed by atoms with van der Waals surface area (Å²) in [6, 6.07) is 0. The van der Waals surface area contributed by atoms with Gasteiger partial charge in [0.15, 0.2) is 0 Å². The number of hydrogen-bond acceptors (Lipinski definition) is 1. The Morgan fingerprint density at radius 3 is 2.50 bits per heavy atom. The third kappa shape index (κ3) is 1.64. The highest BCUT2D eigenvalue weighted by Crippen LogP contribution is 2.33. The second-order valence-electron chi connectivity index (χ2n) is 4.53. The molecule has 3 fully saturated rings. The van der Waals surface area contributed by atoms with Crippen LogP contribution in [0.4, 0.5) is 0 Å². The van der Waals surface area contributed by atoms with E-state index in [4.69, 9.17) is 1.12 Å². The highest BCUT2D eigenvalue weighted by molar-refractivity contribution is 7.80. The summed E-state index contributed by atoms with van der Waals surface area (Å²) in [5.41, 5.74) is 0. The molecule has 3 heterocycles. The Kier molecular flexibility index (Phi) is 2.30. The molecule has 3 aliphatic heterocycles. The molecule has 0 aromatic carbocycles. The van der Waals surface area contributed by atoms with E-state index in [9.17, 15) is 0 Å². The fourth-order valence-corrected chi connectivity index (χ4v) is 3.00. The van der Waals surface area contributed by atoms with Gasteiger partial charge >= 0.3 is 0 Å². The topological polar surface area (TPSA) is 0 Å². The first-order valence-electron chi connectivity index (χ1n) is 5.69. The highest BCUT2D eigenvalue weighted by Gasteiger charge is 2.38. The molecule has 2 heteroatoms. The van der Waals surface area contributed by atoms with Gasteiger partial charge in [-0.3, -0.25) is 0 Å². The number of piperidine rings is 3. The lowest BCUT2D eigenvalue weighted by Crippen LogP contribution is -2.58. The van der Waals surface area contributed by atoms with Crippen LogP contribution in [0.5, 0.6) is 0 Å². The Hall–Kier alpha value is 0.310. The Labute approximate surface area is 82.2 Å². The Morgan fingerprint density at radius 1 is 1.25 bits per heavy atom. The predicted octanol–water partition coefficient (Wildman–Crippen LogP) is 1.94. The molecular formula is C10H20NS+. The standard InChI is InChI=1S/C10H19NS/c12-9-1-5-11-6-2-10(3-7-11)4-8-11/h10H,1-9H2/p+1/i/hT. The molecule has 0 aliphatic carbocycles. The first-order chi connectivity index (χ1) is 6.35. The summed E-state index contributed by atoms with van der Waals surface area (Å²) < 4.78 is 8.46. The Balaban J connectivity index is 1.81. The van der Waals surface area contributed by atoms with Crippen molar-refractivity contribution in [3.8, 4) is 0 Å². The maximum Gasteiger partial charge on any atom is 0.102 e. The summed E-state index contributed by atoms with van der Waals surface area (Å²) in [6.07, 6.45) is 5.69. The molecule has 12 heavy (non-hydrogen) atoms. The van der Waals surface area contributed by atoms with E-state index in [2.05, 4.69) is 0 Å². The quantitative estimate of drug-likeness (QED) is 0.389. The zero-order valence-corrected chi connectivity index (χ0v) is 8.61. The molecule has 2 bridgehead atoms. The molecule has 3 aliphatic rings. The number of rotatable bonds is 4. The van der Waals surface area contributed by atoms with Crippen LogP contribution < -0.4 is 0 Å². The van der Waals surface area contributed by atoms with Crippen molar-refractivity contribution in [1.82, 2.24) is 0 Å². The summed E-state index contributed by atoms with van der Waals surface area (Å²) in [5.74, 6) is 2.11. The predicted molar refractivity (Wildman–Crippen MR) is 55.5 cm³/mol. The molecule has 0 unspecified atom stereocenters. The molecule has 0 N–H and O–H groups in total. The van der Waals surface area contributed by atoms with Gasteiger partial charge in [-0.25, -0.2) is 0 Å². The molecule has 0 saturated carbocycles. The van der Waals surface area contributed by atoms with Crippen molar-refractivity contribution in [3.63, 3.8) is 0 Å². The van der Waals surface area contributed by atoms with Crippen LogP contribution in [-0.4, -0.2) is 37.5 Å². The Morgan fingerprint density at radius 2 is 1.92 bits per heavy atom. The van der Waals surface area contributed by atoms with Gasteiger partial charge in [0, 0.05) is 6.42 Å². The van der Waals surface area contributed by atoms with Crippen molar-refractivity contribution >= 4 is 12.5 Å². The lowest BCUT2D eigenvalue weighted by atomic mass is 9.85. The summed E-state index contributed by atoms with van der Waals surface area (Å²) in [5, 5.41) is 0. The average molecular weight is 188 g/mol. The van der Waals surface area contributed by atoms with E-state index < -0.39 is 0 Å². The van der Waals surface area contributed by atoms with Crippen LogP contribution in [0.3, 0.4) is 0 Å². The smallest absolute Gasteiger partial charge is 0.102 e. The number of nitrogens with zero attached hydrogens (tertiary/aromatic N) is 1. The van der Waals surface area contributed by atoms with E-state index in [-0.39, 0.29) is 0 Å². The van der Waals surface area contributed by atoms with Crippen LogP contribution in [0, 0.1) is 5.92 Å². The number of fused-ring (bicyclic) bond motifs is 3. The van der Waals surface area contributed by atoms with Crippen molar-refractivity contribution in [1.29, 1.82) is 1.12 Å². The molecular weight excluding hydrogens is 166 g/mol. The molecule has 3 rings (SSSR count). The molecule has 0 radical (unpaired) electrons. The third-order valence-electron chi connectivity index (χ3n) is 3.81. The van der Waals surface area contributed by atoms with Crippen LogP contribution in [0.15, 0.2) is 0 Å². The van der Waals surface area contributed by atoms with Crippen LogP contribution >= 0.6 is 12.5 Å². The highest BCUT2D eigenvalue weighted by atomic mass is 32.1. The minimum Gasteiger partial charge on any atom is -0.324 e. The van der Waals surface area contributed by atoms with Crippen molar-refractivity contribution in [2.24, 2.45) is 5.92 Å². The van der Waals surface area contributed by atoms with Gasteiger partial charge in [-0.05, 0) is 30.9 Å². The van der Waals surface area contributed by atoms with Gasteiger partial charge in [0.1, 0.15) is 1.12 Å². The van der Waals surface area contributed by atoms with E-state index in [1.165, 1.54) is 68.9 Å². The fraction of sp³-hybridized carbons (Fsp3) is 1.00. The van der Waals surface area contributed by atoms with Crippen molar-refractivity contribution in [3.05, 3.63) is 0 Å². The van der Waals surface area contributed by atoms with Gasteiger partial charge in [-0.1, -0.05) is 0 Å². The van der Waals surface area contributed by atoms with Crippen molar-refractivity contribution in [2.45, 2.75) is 25.7 Å². The van der Waals surface area contributed by atoms with Gasteiger partial charge < -0.3 is 4.48 Å². The first kappa shape index (κ1) is 7.69. The maximum atomic E-state index is 7.06. The van der Waals surface area contributed by atoms with E-state index in [0.717, 1.165) is 11.7 Å². The second kappa shape index (κ2) is 3.59. The summed E-state index contributed by atoms with van der Waals surface area (Å²) in [7, 11) is 0. The Bertz CT molecular complexity index is 153. The normalized spacial score (nSPS) is 41.3. The molecule has 0 aromatic rings. The monoisotopic (exact) mass is 188 g/mol. The van der Waals surface area contributed by atoms with Crippen LogP contribution in [0.2, 0.25) is 0 Å². The van der Waals surface area contributed by atoms with Gasteiger partial charge in [0.05, 0.1) is 26.2 Å². The second-order valence-corrected chi connectivity index (χ2v) is 4.93. The van der Waals surface area contributed by atoms with E-state index in [0.29, 0.717) is 0 Å². The number of quaternary nitrogens is 1. The minimum atomic E-state index is 1.03. The molecule has 0 atom stereocenters. The summed E-state index contributed by atoms with van der Waals surface area (Å²) >= 11 is 1.25. The van der Waals surface area contributed by atoms with Crippen molar-refractivity contribution < 1.29 is 4.48 Å². The lowest BCUT2D eigenvalue weighted by molar-refractivity contribution is -0.942. The zero-order chi connectivity index (χ0) is 9.15. The summed E-state index contributed by atoms with van der Waals surface area (Å²) in [6.45, 7) is 5.66. The van der Waals surface area contributed by atoms with Crippen molar-refractivity contribution in [2.75, 3.05) is 31.9 Å². The third-order valence-corrected chi connectivity index (χ3v) is 4.10. The molecule has 1 nitrogen and oxygen atoms in total.